The van der Waals surface area contributed by atoms with E-state index in [2.05, 4.69) is 29.1 Å². The summed E-state index contributed by atoms with van der Waals surface area (Å²) in [6.07, 6.45) is 11.9. The van der Waals surface area contributed by atoms with Gasteiger partial charge < -0.3 is 19.3 Å². The van der Waals surface area contributed by atoms with Crippen LogP contribution >= 0.6 is 0 Å². The molecule has 31 heavy (non-hydrogen) atoms. The summed E-state index contributed by atoms with van der Waals surface area (Å²) >= 11 is 0. The maximum absolute atomic E-state index is 10.3. The van der Waals surface area contributed by atoms with Crippen LogP contribution in [0.3, 0.4) is 0 Å². The van der Waals surface area contributed by atoms with Gasteiger partial charge in [0, 0.05) is 17.5 Å². The van der Waals surface area contributed by atoms with Crippen LogP contribution in [0.1, 0.15) is 69.0 Å². The van der Waals surface area contributed by atoms with E-state index in [1.165, 1.54) is 64.5 Å². The minimum Gasteiger partial charge on any atom is -0.493 e. The van der Waals surface area contributed by atoms with E-state index in [4.69, 9.17) is 9.26 Å². The standard InChI is InChI=1S/C26H38N2O3/c1-18-25(30-17-20-6-7-20)11-9-22-23(27-31-26(18)22)10-8-19-12-14-28(15-13-19)16-21-4-2-3-5-24(21)29/h9,11,19-21,24,29H,2-8,10,12-17H2,1H3. The molecule has 2 aliphatic carbocycles. The third kappa shape index (κ3) is 5.09. The number of hydrogen-bond donors (Lipinski definition) is 1. The van der Waals surface area contributed by atoms with Gasteiger partial charge in [-0.1, -0.05) is 18.0 Å². The van der Waals surface area contributed by atoms with Crippen molar-refractivity contribution in [1.82, 2.24) is 10.1 Å². The van der Waals surface area contributed by atoms with Gasteiger partial charge in [0.25, 0.3) is 0 Å². The molecule has 2 aromatic rings. The SMILES string of the molecule is Cc1c(OCC2CC2)ccc2c(CCC3CCN(CC4CCCCC4O)CC3)noc12. The zero-order chi connectivity index (χ0) is 21.2. The summed E-state index contributed by atoms with van der Waals surface area (Å²) in [4.78, 5) is 2.59. The summed E-state index contributed by atoms with van der Waals surface area (Å²) in [7, 11) is 0. The third-order valence-electron chi connectivity index (χ3n) is 7.94. The Morgan fingerprint density at radius 1 is 1.06 bits per heavy atom. The van der Waals surface area contributed by atoms with Gasteiger partial charge in [-0.25, -0.2) is 0 Å². The van der Waals surface area contributed by atoms with Crippen molar-refractivity contribution in [3.05, 3.63) is 23.4 Å². The Labute approximate surface area is 186 Å². The fourth-order valence-corrected chi connectivity index (χ4v) is 5.53. The van der Waals surface area contributed by atoms with Crippen LogP contribution in [-0.4, -0.2) is 47.5 Å². The molecule has 1 saturated heterocycles. The van der Waals surface area contributed by atoms with Gasteiger partial charge in [0.2, 0.25) is 0 Å². The lowest BCUT2D eigenvalue weighted by molar-refractivity contribution is 0.0380. The molecule has 2 atom stereocenters. The molecule has 1 aromatic heterocycles. The smallest absolute Gasteiger partial charge is 0.173 e. The van der Waals surface area contributed by atoms with E-state index >= 15 is 0 Å². The van der Waals surface area contributed by atoms with Crippen LogP contribution in [0.25, 0.3) is 11.0 Å². The van der Waals surface area contributed by atoms with E-state index in [0.29, 0.717) is 5.92 Å². The van der Waals surface area contributed by atoms with Crippen LogP contribution in [0.4, 0.5) is 0 Å². The van der Waals surface area contributed by atoms with Crippen molar-refractivity contribution in [2.24, 2.45) is 17.8 Å². The minimum absolute atomic E-state index is 0.0741. The molecule has 3 fully saturated rings. The average molecular weight is 427 g/mol. The highest BCUT2D eigenvalue weighted by molar-refractivity contribution is 5.84. The van der Waals surface area contributed by atoms with Gasteiger partial charge in [-0.3, -0.25) is 0 Å². The normalized spacial score (nSPS) is 25.9. The van der Waals surface area contributed by atoms with Gasteiger partial charge >= 0.3 is 0 Å². The van der Waals surface area contributed by atoms with E-state index in [0.717, 1.165) is 65.8 Å². The topological polar surface area (TPSA) is 58.7 Å². The quantitative estimate of drug-likeness (QED) is 0.635. The monoisotopic (exact) mass is 426 g/mol. The molecule has 0 bridgehead atoms. The number of aliphatic hydroxyl groups excluding tert-OH is 1. The van der Waals surface area contributed by atoms with Crippen molar-refractivity contribution < 1.29 is 14.4 Å². The van der Waals surface area contributed by atoms with Crippen LogP contribution in [0.15, 0.2) is 16.7 Å². The Kier molecular flexibility index (Phi) is 6.51. The van der Waals surface area contributed by atoms with Gasteiger partial charge in [0.15, 0.2) is 5.58 Å². The summed E-state index contributed by atoms with van der Waals surface area (Å²) in [6.45, 7) is 6.35. The van der Waals surface area contributed by atoms with E-state index in [9.17, 15) is 5.11 Å². The van der Waals surface area contributed by atoms with Crippen LogP contribution in [0.5, 0.6) is 5.75 Å². The summed E-state index contributed by atoms with van der Waals surface area (Å²) < 4.78 is 11.7. The number of piperidine rings is 1. The van der Waals surface area contributed by atoms with Gasteiger partial charge in [0.05, 0.1) is 18.4 Å². The first-order valence-electron chi connectivity index (χ1n) is 12.6. The number of aromatic nitrogens is 1. The van der Waals surface area contributed by atoms with Crippen molar-refractivity contribution in [2.75, 3.05) is 26.2 Å². The molecule has 0 radical (unpaired) electrons. The molecule has 5 heteroatoms. The average Bonchev–Trinajstić information content (AvgIpc) is 3.52. The number of aryl methyl sites for hydroxylation is 2. The van der Waals surface area contributed by atoms with Gasteiger partial charge in [-0.15, -0.1) is 0 Å². The summed E-state index contributed by atoms with van der Waals surface area (Å²) in [6, 6.07) is 4.23. The van der Waals surface area contributed by atoms with E-state index < -0.39 is 0 Å². The number of fused-ring (bicyclic) bond motifs is 1. The summed E-state index contributed by atoms with van der Waals surface area (Å²) in [5.74, 6) is 2.95. The number of hydrogen-bond acceptors (Lipinski definition) is 5. The van der Waals surface area contributed by atoms with Crippen molar-refractivity contribution in [3.8, 4) is 5.75 Å². The van der Waals surface area contributed by atoms with Crippen LogP contribution in [0, 0.1) is 24.7 Å². The molecule has 2 saturated carbocycles. The van der Waals surface area contributed by atoms with Crippen molar-refractivity contribution in [3.63, 3.8) is 0 Å². The van der Waals surface area contributed by atoms with E-state index in [1.807, 2.05) is 0 Å². The number of benzene rings is 1. The maximum atomic E-state index is 10.3. The molecular formula is C26H38N2O3. The van der Waals surface area contributed by atoms with Crippen molar-refractivity contribution in [1.29, 1.82) is 0 Å². The predicted molar refractivity (Wildman–Crippen MR) is 122 cm³/mol. The largest absolute Gasteiger partial charge is 0.493 e. The molecule has 3 aliphatic rings. The molecular weight excluding hydrogens is 388 g/mol. The minimum atomic E-state index is -0.0741. The first kappa shape index (κ1) is 21.3. The first-order valence-corrected chi connectivity index (χ1v) is 12.6. The molecule has 0 spiro atoms. The lowest BCUT2D eigenvalue weighted by Crippen LogP contribution is -2.41. The van der Waals surface area contributed by atoms with Crippen molar-refractivity contribution in [2.45, 2.75) is 77.2 Å². The van der Waals surface area contributed by atoms with E-state index in [-0.39, 0.29) is 6.10 Å². The molecule has 170 valence electrons. The zero-order valence-electron chi connectivity index (χ0n) is 19.0. The van der Waals surface area contributed by atoms with Gasteiger partial charge in [0.1, 0.15) is 5.75 Å². The molecule has 1 aliphatic heterocycles. The summed E-state index contributed by atoms with van der Waals surface area (Å²) in [5.41, 5.74) is 3.07. The lowest BCUT2D eigenvalue weighted by atomic mass is 9.85. The molecule has 5 nitrogen and oxygen atoms in total. The molecule has 1 N–H and O–H groups in total. The highest BCUT2D eigenvalue weighted by atomic mass is 16.5. The Morgan fingerprint density at radius 2 is 1.87 bits per heavy atom. The fraction of sp³-hybridized carbons (Fsp3) is 0.731. The number of ether oxygens (including phenoxy) is 1. The van der Waals surface area contributed by atoms with Gasteiger partial charge in [-0.05, 0) is 101 Å². The fourth-order valence-electron chi connectivity index (χ4n) is 5.53. The highest BCUT2D eigenvalue weighted by Gasteiger charge is 2.28. The number of aliphatic hydroxyl groups is 1. The lowest BCUT2D eigenvalue weighted by Gasteiger charge is -2.37. The van der Waals surface area contributed by atoms with Crippen LogP contribution in [0.2, 0.25) is 0 Å². The maximum Gasteiger partial charge on any atom is 0.173 e. The van der Waals surface area contributed by atoms with Gasteiger partial charge in [-0.2, -0.15) is 0 Å². The molecule has 2 heterocycles. The van der Waals surface area contributed by atoms with E-state index in [1.54, 1.807) is 0 Å². The zero-order valence-corrected chi connectivity index (χ0v) is 19.0. The third-order valence-corrected chi connectivity index (χ3v) is 7.94. The van der Waals surface area contributed by atoms with Crippen LogP contribution < -0.4 is 4.74 Å². The molecule has 1 aromatic carbocycles. The Morgan fingerprint density at radius 3 is 2.65 bits per heavy atom. The first-order chi connectivity index (χ1) is 15.2. The Balaban J connectivity index is 1.11. The second-order valence-corrected chi connectivity index (χ2v) is 10.3. The predicted octanol–water partition coefficient (Wildman–Crippen LogP) is 5.12. The number of likely N-dealkylation sites (tertiary alicyclic amines) is 1. The highest BCUT2D eigenvalue weighted by Crippen LogP contribution is 2.34. The van der Waals surface area contributed by atoms with Crippen LogP contribution in [-0.2, 0) is 6.42 Å². The second-order valence-electron chi connectivity index (χ2n) is 10.3. The Bertz CT molecular complexity index is 867. The second kappa shape index (κ2) is 9.50. The Hall–Kier alpha value is -1.59. The molecule has 5 rings (SSSR count). The van der Waals surface area contributed by atoms with Crippen molar-refractivity contribution >= 4 is 11.0 Å². The molecule has 2 unspecified atom stereocenters. The number of nitrogens with zero attached hydrogens (tertiary/aromatic N) is 2. The number of rotatable bonds is 8. The molecule has 0 amide bonds. The summed E-state index contributed by atoms with van der Waals surface area (Å²) in [5, 5.41) is 15.8.